The van der Waals surface area contributed by atoms with Crippen molar-refractivity contribution in [2.24, 2.45) is 0 Å². The van der Waals surface area contributed by atoms with Crippen LogP contribution in [0.3, 0.4) is 0 Å². The Labute approximate surface area is 142 Å². The van der Waals surface area contributed by atoms with Gasteiger partial charge in [-0.3, -0.25) is 9.59 Å². The van der Waals surface area contributed by atoms with E-state index in [-0.39, 0.29) is 24.3 Å². The predicted molar refractivity (Wildman–Crippen MR) is 89.3 cm³/mol. The van der Waals surface area contributed by atoms with Crippen LogP contribution in [0.4, 0.5) is 0 Å². The minimum Gasteiger partial charge on any atom is -0.494 e. The first-order chi connectivity index (χ1) is 11.6. The van der Waals surface area contributed by atoms with Gasteiger partial charge in [0.25, 0.3) is 0 Å². The maximum Gasteiger partial charge on any atom is 0.234 e. The summed E-state index contributed by atoms with van der Waals surface area (Å²) < 4.78 is 5.39. The summed E-state index contributed by atoms with van der Waals surface area (Å²) in [5.41, 5.74) is 0.966. The number of carbonyl (C=O) groups is 2. The summed E-state index contributed by atoms with van der Waals surface area (Å²) in [5, 5.41) is 11.3. The molecule has 0 atom stereocenters. The molecule has 2 amide bonds. The SMILES string of the molecule is CCOc1ccc(CC(=O)N2CCC(NC(=O)CC#N)CC2)cc1. The molecule has 1 N–H and O–H groups in total. The minimum absolute atomic E-state index is 0.0559. The molecule has 0 aliphatic carbocycles. The molecule has 1 saturated heterocycles. The quantitative estimate of drug-likeness (QED) is 0.860. The monoisotopic (exact) mass is 329 g/mol. The van der Waals surface area contributed by atoms with E-state index in [1.807, 2.05) is 42.2 Å². The molecule has 6 nitrogen and oxygen atoms in total. The van der Waals surface area contributed by atoms with Crippen LogP contribution in [0.1, 0.15) is 31.7 Å². The number of rotatable bonds is 6. The lowest BCUT2D eigenvalue weighted by atomic mass is 10.0. The molecule has 0 saturated carbocycles. The largest absolute Gasteiger partial charge is 0.494 e. The van der Waals surface area contributed by atoms with Gasteiger partial charge in [0, 0.05) is 19.1 Å². The van der Waals surface area contributed by atoms with Gasteiger partial charge in [-0.15, -0.1) is 0 Å². The summed E-state index contributed by atoms with van der Waals surface area (Å²) >= 11 is 0. The molecule has 0 radical (unpaired) electrons. The first-order valence-electron chi connectivity index (χ1n) is 8.28. The Morgan fingerprint density at radius 1 is 1.29 bits per heavy atom. The fraction of sp³-hybridized carbons (Fsp3) is 0.500. The second-order valence-corrected chi connectivity index (χ2v) is 5.81. The van der Waals surface area contributed by atoms with Crippen molar-refractivity contribution in [1.29, 1.82) is 5.26 Å². The standard InChI is InChI=1S/C18H23N3O3/c1-2-24-16-5-3-14(4-6-16)13-18(23)21-11-8-15(9-12-21)20-17(22)7-10-19/h3-6,15H,2,7-9,11-13H2,1H3,(H,20,22). The second-order valence-electron chi connectivity index (χ2n) is 5.81. The van der Waals surface area contributed by atoms with Crippen LogP contribution < -0.4 is 10.1 Å². The maximum absolute atomic E-state index is 12.4. The predicted octanol–water partition coefficient (Wildman–Crippen LogP) is 1.65. The van der Waals surface area contributed by atoms with E-state index in [9.17, 15) is 9.59 Å². The number of amides is 2. The van der Waals surface area contributed by atoms with Crippen LogP contribution in [-0.4, -0.2) is 42.5 Å². The van der Waals surface area contributed by atoms with Gasteiger partial charge in [-0.1, -0.05) is 12.1 Å². The van der Waals surface area contributed by atoms with E-state index in [0.29, 0.717) is 26.1 Å². The van der Waals surface area contributed by atoms with Gasteiger partial charge < -0.3 is 15.0 Å². The molecule has 1 aliphatic heterocycles. The van der Waals surface area contributed by atoms with E-state index >= 15 is 0 Å². The summed E-state index contributed by atoms with van der Waals surface area (Å²) in [5.74, 6) is 0.667. The van der Waals surface area contributed by atoms with E-state index in [1.54, 1.807) is 0 Å². The molecule has 6 heteroatoms. The highest BCUT2D eigenvalue weighted by Gasteiger charge is 2.23. The molecule has 1 aromatic carbocycles. The van der Waals surface area contributed by atoms with Gasteiger partial charge in [-0.2, -0.15) is 5.26 Å². The van der Waals surface area contributed by atoms with Crippen molar-refractivity contribution < 1.29 is 14.3 Å². The van der Waals surface area contributed by atoms with E-state index in [2.05, 4.69) is 5.32 Å². The molecule has 24 heavy (non-hydrogen) atoms. The molecule has 1 aliphatic rings. The Balaban J connectivity index is 1.78. The highest BCUT2D eigenvalue weighted by Crippen LogP contribution is 2.15. The molecule has 1 heterocycles. The van der Waals surface area contributed by atoms with Crippen LogP contribution in [0.2, 0.25) is 0 Å². The average molecular weight is 329 g/mol. The van der Waals surface area contributed by atoms with Crippen LogP contribution in [0, 0.1) is 11.3 Å². The fourth-order valence-electron chi connectivity index (χ4n) is 2.78. The third kappa shape index (κ3) is 5.27. The summed E-state index contributed by atoms with van der Waals surface area (Å²) in [4.78, 5) is 25.6. The van der Waals surface area contributed by atoms with Crippen LogP contribution >= 0.6 is 0 Å². The second kappa shape index (κ2) is 8.92. The average Bonchev–Trinajstić information content (AvgIpc) is 2.57. The van der Waals surface area contributed by atoms with Gasteiger partial charge in [0.15, 0.2) is 0 Å². The maximum atomic E-state index is 12.4. The van der Waals surface area contributed by atoms with Gasteiger partial charge in [0.2, 0.25) is 11.8 Å². The number of nitrogens with one attached hydrogen (secondary N) is 1. The number of piperidine rings is 1. The van der Waals surface area contributed by atoms with Crippen LogP contribution in [0.15, 0.2) is 24.3 Å². The van der Waals surface area contributed by atoms with Crippen LogP contribution in [0.5, 0.6) is 5.75 Å². The molecule has 128 valence electrons. The van der Waals surface area contributed by atoms with E-state index < -0.39 is 0 Å². The minimum atomic E-state index is -0.239. The zero-order valence-corrected chi connectivity index (χ0v) is 14.0. The van der Waals surface area contributed by atoms with Gasteiger partial charge in [-0.05, 0) is 37.5 Å². The molecular formula is C18H23N3O3. The van der Waals surface area contributed by atoms with Crippen molar-refractivity contribution in [3.05, 3.63) is 29.8 Å². The summed E-state index contributed by atoms with van der Waals surface area (Å²) in [6.07, 6.45) is 1.72. The Hall–Kier alpha value is -2.55. The third-order valence-electron chi connectivity index (χ3n) is 4.04. The van der Waals surface area contributed by atoms with Crippen molar-refractivity contribution in [3.63, 3.8) is 0 Å². The van der Waals surface area contributed by atoms with Gasteiger partial charge in [0.05, 0.1) is 19.1 Å². The number of nitrogens with zero attached hydrogens (tertiary/aromatic N) is 2. The topological polar surface area (TPSA) is 82.4 Å². The summed E-state index contributed by atoms with van der Waals surface area (Å²) in [7, 11) is 0. The first kappa shape index (κ1) is 17.8. The zero-order chi connectivity index (χ0) is 17.4. The first-order valence-corrected chi connectivity index (χ1v) is 8.28. The van der Waals surface area contributed by atoms with Crippen molar-refractivity contribution in [3.8, 4) is 11.8 Å². The molecule has 1 fully saturated rings. The molecule has 0 spiro atoms. The van der Waals surface area contributed by atoms with E-state index in [0.717, 1.165) is 24.2 Å². The number of hydrogen-bond acceptors (Lipinski definition) is 4. The highest BCUT2D eigenvalue weighted by atomic mass is 16.5. The van der Waals surface area contributed by atoms with Gasteiger partial charge in [-0.25, -0.2) is 0 Å². The van der Waals surface area contributed by atoms with Gasteiger partial charge >= 0.3 is 0 Å². The number of nitriles is 1. The summed E-state index contributed by atoms with van der Waals surface area (Å²) in [6, 6.07) is 9.48. The highest BCUT2D eigenvalue weighted by molar-refractivity contribution is 5.79. The van der Waals surface area contributed by atoms with Crippen LogP contribution in [0.25, 0.3) is 0 Å². The Bertz CT molecular complexity index is 599. The van der Waals surface area contributed by atoms with E-state index in [4.69, 9.17) is 10.00 Å². The molecular weight excluding hydrogens is 306 g/mol. The lowest BCUT2D eigenvalue weighted by molar-refractivity contribution is -0.131. The van der Waals surface area contributed by atoms with Crippen molar-refractivity contribution in [2.75, 3.05) is 19.7 Å². The lowest BCUT2D eigenvalue weighted by Crippen LogP contribution is -2.46. The number of ether oxygens (including phenoxy) is 1. The van der Waals surface area contributed by atoms with Gasteiger partial charge in [0.1, 0.15) is 12.2 Å². The normalized spacial score (nSPS) is 14.8. The molecule has 2 rings (SSSR count). The Morgan fingerprint density at radius 3 is 2.54 bits per heavy atom. The Morgan fingerprint density at radius 2 is 1.96 bits per heavy atom. The van der Waals surface area contributed by atoms with E-state index in [1.165, 1.54) is 0 Å². The van der Waals surface area contributed by atoms with Crippen molar-refractivity contribution >= 4 is 11.8 Å². The molecule has 0 aromatic heterocycles. The number of hydrogen-bond donors (Lipinski definition) is 1. The number of carbonyl (C=O) groups excluding carboxylic acids is 2. The third-order valence-corrected chi connectivity index (χ3v) is 4.04. The number of benzene rings is 1. The number of likely N-dealkylation sites (tertiary alicyclic amines) is 1. The lowest BCUT2D eigenvalue weighted by Gasteiger charge is -2.32. The van der Waals surface area contributed by atoms with Crippen LogP contribution in [-0.2, 0) is 16.0 Å². The van der Waals surface area contributed by atoms with Crippen molar-refractivity contribution in [1.82, 2.24) is 10.2 Å². The molecule has 0 bridgehead atoms. The summed E-state index contributed by atoms with van der Waals surface area (Å²) in [6.45, 7) is 3.82. The fourth-order valence-corrected chi connectivity index (χ4v) is 2.78. The molecule has 1 aromatic rings. The zero-order valence-electron chi connectivity index (χ0n) is 14.0. The molecule has 0 unspecified atom stereocenters. The smallest absolute Gasteiger partial charge is 0.234 e. The Kier molecular flexibility index (Phi) is 6.62. The van der Waals surface area contributed by atoms with Crippen molar-refractivity contribution in [2.45, 2.75) is 38.6 Å².